The van der Waals surface area contributed by atoms with Crippen molar-refractivity contribution in [2.24, 2.45) is 5.92 Å². The molecule has 2 aliphatic rings. The largest absolute Gasteiger partial charge is 0.355 e. The molecule has 2 atom stereocenters. The topological polar surface area (TPSA) is 61.4 Å². The summed E-state index contributed by atoms with van der Waals surface area (Å²) < 4.78 is 0. The zero-order chi connectivity index (χ0) is 21.6. The van der Waals surface area contributed by atoms with Crippen LogP contribution in [0.1, 0.15) is 63.1 Å². The molecule has 2 fully saturated rings. The number of carbonyl (C=O) groups is 1. The van der Waals surface area contributed by atoms with Gasteiger partial charge in [-0.15, -0.1) is 10.2 Å². The smallest absolute Gasteiger partial charge is 0.225 e. The van der Waals surface area contributed by atoms with Crippen LogP contribution in [0.3, 0.4) is 0 Å². The van der Waals surface area contributed by atoms with E-state index in [1.54, 1.807) is 0 Å². The van der Waals surface area contributed by atoms with Crippen LogP contribution in [0.5, 0.6) is 0 Å². The number of nitrogens with one attached hydrogen (secondary N) is 1. The van der Waals surface area contributed by atoms with Gasteiger partial charge in [0.25, 0.3) is 0 Å². The maximum Gasteiger partial charge on any atom is 0.225 e. The van der Waals surface area contributed by atoms with Crippen LogP contribution in [-0.4, -0.2) is 42.3 Å². The van der Waals surface area contributed by atoms with Crippen LogP contribution in [0.4, 0.5) is 11.6 Å². The molecule has 1 aromatic heterocycles. The average molecular weight is 422 g/mol. The fourth-order valence-corrected chi connectivity index (χ4v) is 4.63. The highest BCUT2D eigenvalue weighted by atomic mass is 16.2. The van der Waals surface area contributed by atoms with Crippen molar-refractivity contribution < 1.29 is 4.79 Å². The third-order valence-electron chi connectivity index (χ3n) is 6.68. The zero-order valence-electron chi connectivity index (χ0n) is 18.9. The van der Waals surface area contributed by atoms with Crippen molar-refractivity contribution in [1.82, 2.24) is 15.5 Å². The normalized spacial score (nSPS) is 20.4. The van der Waals surface area contributed by atoms with Gasteiger partial charge >= 0.3 is 0 Å². The van der Waals surface area contributed by atoms with Gasteiger partial charge in [0.1, 0.15) is 0 Å². The molecule has 0 unspecified atom stereocenters. The molecule has 0 saturated carbocycles. The minimum atomic E-state index is -0.0188. The van der Waals surface area contributed by atoms with Gasteiger partial charge in [0.05, 0.1) is 12.0 Å². The van der Waals surface area contributed by atoms with Crippen LogP contribution in [0.25, 0.3) is 0 Å². The lowest BCUT2D eigenvalue weighted by Crippen LogP contribution is -2.44. The van der Waals surface area contributed by atoms with Crippen LogP contribution < -0.4 is 15.1 Å². The van der Waals surface area contributed by atoms with E-state index in [-0.39, 0.29) is 17.9 Å². The Morgan fingerprint density at radius 2 is 1.61 bits per heavy atom. The zero-order valence-corrected chi connectivity index (χ0v) is 18.9. The maximum absolute atomic E-state index is 13.0. The highest BCUT2D eigenvalue weighted by molar-refractivity contribution is 5.80. The minimum absolute atomic E-state index is 0.0115. The number of carbonyl (C=O) groups excluding carboxylic acids is 1. The second-order valence-electron chi connectivity index (χ2n) is 8.91. The molecule has 166 valence electrons. The Hall–Kier alpha value is -2.63. The van der Waals surface area contributed by atoms with Gasteiger partial charge in [-0.1, -0.05) is 31.2 Å². The van der Waals surface area contributed by atoms with Crippen LogP contribution in [0, 0.1) is 5.92 Å². The fourth-order valence-electron chi connectivity index (χ4n) is 4.63. The number of anilines is 2. The van der Waals surface area contributed by atoms with Crippen LogP contribution in [0.2, 0.25) is 0 Å². The van der Waals surface area contributed by atoms with Gasteiger partial charge in [-0.25, -0.2) is 0 Å². The molecule has 2 saturated heterocycles. The number of rotatable bonds is 6. The minimum Gasteiger partial charge on any atom is -0.355 e. The first-order valence-corrected chi connectivity index (χ1v) is 11.9. The second-order valence-corrected chi connectivity index (χ2v) is 8.91. The summed E-state index contributed by atoms with van der Waals surface area (Å²) in [7, 11) is 0. The second kappa shape index (κ2) is 10.1. The maximum atomic E-state index is 13.0. The van der Waals surface area contributed by atoms with Gasteiger partial charge in [-0.2, -0.15) is 0 Å². The summed E-state index contributed by atoms with van der Waals surface area (Å²) in [5.41, 5.74) is 2.47. The molecular formula is C25H35N5O. The average Bonchev–Trinajstić information content (AvgIpc) is 2.85. The molecule has 0 spiro atoms. The number of benzene rings is 1. The quantitative estimate of drug-likeness (QED) is 0.760. The lowest BCUT2D eigenvalue weighted by atomic mass is 9.96. The van der Waals surface area contributed by atoms with Crippen molar-refractivity contribution in [1.29, 1.82) is 0 Å². The number of aromatic nitrogens is 2. The number of hydrogen-bond acceptors (Lipinski definition) is 5. The molecule has 1 aromatic carbocycles. The molecule has 6 nitrogen and oxygen atoms in total. The molecule has 31 heavy (non-hydrogen) atoms. The molecule has 1 amide bonds. The van der Waals surface area contributed by atoms with E-state index in [1.807, 2.05) is 0 Å². The Bertz CT molecular complexity index is 845. The summed E-state index contributed by atoms with van der Waals surface area (Å²) >= 11 is 0. The van der Waals surface area contributed by atoms with Gasteiger partial charge in [0.15, 0.2) is 11.6 Å². The van der Waals surface area contributed by atoms with Gasteiger partial charge in [0.2, 0.25) is 5.91 Å². The molecule has 2 aliphatic heterocycles. The number of nitrogens with zero attached hydrogens (tertiary/aromatic N) is 4. The van der Waals surface area contributed by atoms with Crippen LogP contribution in [0.15, 0.2) is 36.4 Å². The fraction of sp³-hybridized carbons (Fsp3) is 0.560. The summed E-state index contributed by atoms with van der Waals surface area (Å²) in [5.74, 6) is 1.96. The first kappa shape index (κ1) is 21.6. The summed E-state index contributed by atoms with van der Waals surface area (Å²) in [6.07, 6.45) is 6.71. The molecular weight excluding hydrogens is 386 g/mol. The standard InChI is InChI=1S/C25H35N5O/c1-3-20-9-11-21(12-10-20)19(2)26-25(31)22-8-7-17-30(18-22)24-14-13-23(27-28-24)29-15-5-4-6-16-29/h9-14,19,22H,3-8,15-18H2,1-2H3,(H,26,31)/t19-,22-/m1/s1. The SMILES string of the molecule is CCc1ccc([C@@H](C)NC(=O)[C@@H]2CCCN(c3ccc(N4CCCCC4)nn3)C2)cc1. The predicted molar refractivity (Wildman–Crippen MR) is 125 cm³/mol. The van der Waals surface area contributed by atoms with E-state index in [4.69, 9.17) is 0 Å². The van der Waals surface area contributed by atoms with E-state index >= 15 is 0 Å². The van der Waals surface area contributed by atoms with Crippen LogP contribution in [-0.2, 0) is 11.2 Å². The number of aryl methyl sites for hydroxylation is 1. The predicted octanol–water partition coefficient (Wildman–Crippen LogP) is 4.12. The highest BCUT2D eigenvalue weighted by Gasteiger charge is 2.28. The third kappa shape index (κ3) is 5.35. The first-order chi connectivity index (χ1) is 15.1. The molecule has 6 heteroatoms. The van der Waals surface area contributed by atoms with Gasteiger partial charge in [-0.05, 0) is 68.7 Å². The number of piperidine rings is 2. The van der Waals surface area contributed by atoms with Crippen LogP contribution >= 0.6 is 0 Å². The van der Waals surface area contributed by atoms with Crippen molar-refractivity contribution in [2.45, 2.75) is 58.4 Å². The summed E-state index contributed by atoms with van der Waals surface area (Å²) in [4.78, 5) is 17.5. The molecule has 0 radical (unpaired) electrons. The van der Waals surface area contributed by atoms with E-state index in [9.17, 15) is 4.79 Å². The lowest BCUT2D eigenvalue weighted by Gasteiger charge is -2.33. The Morgan fingerprint density at radius 3 is 2.26 bits per heavy atom. The monoisotopic (exact) mass is 421 g/mol. The Morgan fingerprint density at radius 1 is 0.968 bits per heavy atom. The van der Waals surface area contributed by atoms with Crippen molar-refractivity contribution in [3.63, 3.8) is 0 Å². The van der Waals surface area contributed by atoms with E-state index in [0.717, 1.165) is 56.1 Å². The van der Waals surface area contributed by atoms with E-state index in [2.05, 4.69) is 75.6 Å². The van der Waals surface area contributed by atoms with E-state index in [0.29, 0.717) is 6.54 Å². The van der Waals surface area contributed by atoms with Crippen molar-refractivity contribution in [2.75, 3.05) is 36.0 Å². The van der Waals surface area contributed by atoms with Gasteiger partial charge in [0, 0.05) is 26.2 Å². The highest BCUT2D eigenvalue weighted by Crippen LogP contribution is 2.24. The summed E-state index contributed by atoms with van der Waals surface area (Å²) in [6, 6.07) is 12.7. The lowest BCUT2D eigenvalue weighted by molar-refractivity contribution is -0.125. The van der Waals surface area contributed by atoms with E-state index < -0.39 is 0 Å². The molecule has 0 aliphatic carbocycles. The first-order valence-electron chi connectivity index (χ1n) is 11.9. The third-order valence-corrected chi connectivity index (χ3v) is 6.68. The number of amides is 1. The molecule has 3 heterocycles. The van der Waals surface area contributed by atoms with Gasteiger partial charge < -0.3 is 15.1 Å². The van der Waals surface area contributed by atoms with Crippen molar-refractivity contribution in [3.05, 3.63) is 47.5 Å². The molecule has 4 rings (SSSR count). The Labute approximate surface area is 186 Å². The molecule has 2 aromatic rings. The summed E-state index contributed by atoms with van der Waals surface area (Å²) in [5, 5.41) is 12.2. The van der Waals surface area contributed by atoms with Crippen molar-refractivity contribution >= 4 is 17.5 Å². The van der Waals surface area contributed by atoms with Gasteiger partial charge in [-0.3, -0.25) is 4.79 Å². The Kier molecular flexibility index (Phi) is 7.05. The molecule has 1 N–H and O–H groups in total. The van der Waals surface area contributed by atoms with E-state index in [1.165, 1.54) is 24.8 Å². The number of hydrogen-bond donors (Lipinski definition) is 1. The Balaban J connectivity index is 1.34. The van der Waals surface area contributed by atoms with Crippen molar-refractivity contribution in [3.8, 4) is 0 Å². The molecule has 0 bridgehead atoms. The summed E-state index contributed by atoms with van der Waals surface area (Å²) in [6.45, 7) is 7.98.